The van der Waals surface area contributed by atoms with E-state index in [-0.39, 0.29) is 4.65 Å². The Labute approximate surface area is 62.3 Å². The molecule has 1 heterocycles. The van der Waals surface area contributed by atoms with Gasteiger partial charge >= 0.3 is 0 Å². The fraction of sp³-hybridized carbons (Fsp3) is 0.750. The molecule has 10 heavy (non-hydrogen) atoms. The number of hydrogen-bond acceptors (Lipinski definition) is 1. The van der Waals surface area contributed by atoms with Gasteiger partial charge in [-0.15, -0.1) is 0 Å². The van der Waals surface area contributed by atoms with Gasteiger partial charge in [0.2, 0.25) is 0 Å². The summed E-state index contributed by atoms with van der Waals surface area (Å²) in [5.41, 5.74) is 0. The highest BCUT2D eigenvalue weighted by Gasteiger charge is 2.22. The maximum absolute atomic E-state index is 11.5. The molecule has 0 amide bonds. The summed E-state index contributed by atoms with van der Waals surface area (Å²) in [6.07, 6.45) is 3.78. The van der Waals surface area contributed by atoms with E-state index in [1.54, 1.807) is 0 Å². The predicted octanol–water partition coefficient (Wildman–Crippen LogP) is 1.87. The van der Waals surface area contributed by atoms with Gasteiger partial charge in [-0.1, -0.05) is 6.92 Å². The summed E-state index contributed by atoms with van der Waals surface area (Å²) >= 11 is 0. The fourth-order valence-corrected chi connectivity index (χ4v) is 1.58. The first-order valence-electron chi connectivity index (χ1n) is 3.88. The van der Waals surface area contributed by atoms with Gasteiger partial charge in [0.1, 0.15) is 0 Å². The largest absolute Gasteiger partial charge is 0.628 e. The number of likely N-dealkylation sites (tertiary alicyclic amines) is 1. The summed E-state index contributed by atoms with van der Waals surface area (Å²) < 4.78 is -0.179. The Morgan fingerprint density at radius 2 is 2.40 bits per heavy atom. The SMILES string of the molecule is C=C[N+]1([O-])CCCC(C)C1. The van der Waals surface area contributed by atoms with Crippen LogP contribution < -0.4 is 0 Å². The van der Waals surface area contributed by atoms with Crippen LogP contribution in [0.1, 0.15) is 19.8 Å². The molecular weight excluding hydrogens is 126 g/mol. The zero-order chi connectivity index (χ0) is 7.61. The lowest BCUT2D eigenvalue weighted by Gasteiger charge is -2.44. The standard InChI is InChI=1S/C8H15NO/c1-3-9(10)6-4-5-8(2)7-9/h3,8H,1,4-7H2,2H3. The minimum atomic E-state index is -0.179. The molecule has 1 aliphatic rings. The van der Waals surface area contributed by atoms with Crippen molar-refractivity contribution < 1.29 is 4.65 Å². The molecule has 58 valence electrons. The quantitative estimate of drug-likeness (QED) is 0.404. The highest BCUT2D eigenvalue weighted by Crippen LogP contribution is 2.21. The van der Waals surface area contributed by atoms with Crippen molar-refractivity contribution in [3.05, 3.63) is 18.0 Å². The molecule has 0 aliphatic carbocycles. The van der Waals surface area contributed by atoms with Crippen LogP contribution in [0, 0.1) is 11.1 Å². The summed E-state index contributed by atoms with van der Waals surface area (Å²) in [5, 5.41) is 11.5. The van der Waals surface area contributed by atoms with E-state index in [2.05, 4.69) is 13.5 Å². The van der Waals surface area contributed by atoms with Crippen molar-refractivity contribution in [1.82, 2.24) is 0 Å². The zero-order valence-corrected chi connectivity index (χ0v) is 6.55. The average molecular weight is 141 g/mol. The molecule has 1 aliphatic heterocycles. The van der Waals surface area contributed by atoms with Gasteiger partial charge in [-0.05, 0) is 19.4 Å². The van der Waals surface area contributed by atoms with Crippen LogP contribution in [0.15, 0.2) is 12.8 Å². The molecule has 0 bridgehead atoms. The van der Waals surface area contributed by atoms with E-state index < -0.39 is 0 Å². The molecule has 1 saturated heterocycles. The number of quaternary nitrogens is 1. The van der Waals surface area contributed by atoms with E-state index >= 15 is 0 Å². The number of rotatable bonds is 1. The normalized spacial score (nSPS) is 41.2. The average Bonchev–Trinajstić information content (AvgIpc) is 1.88. The number of hydroxylamine groups is 3. The van der Waals surface area contributed by atoms with Gasteiger partial charge in [-0.3, -0.25) is 0 Å². The molecule has 0 aromatic rings. The Kier molecular flexibility index (Phi) is 2.11. The lowest BCUT2D eigenvalue weighted by molar-refractivity contribution is -0.838. The summed E-state index contributed by atoms with van der Waals surface area (Å²) in [6, 6.07) is 0. The topological polar surface area (TPSA) is 23.1 Å². The second kappa shape index (κ2) is 2.72. The highest BCUT2D eigenvalue weighted by atomic mass is 16.5. The summed E-state index contributed by atoms with van der Waals surface area (Å²) in [5.74, 6) is 0.573. The van der Waals surface area contributed by atoms with E-state index in [0.717, 1.165) is 19.5 Å². The molecule has 0 aromatic carbocycles. The van der Waals surface area contributed by atoms with Gasteiger partial charge in [-0.25, -0.2) is 0 Å². The molecule has 2 nitrogen and oxygen atoms in total. The van der Waals surface area contributed by atoms with E-state index in [9.17, 15) is 5.21 Å². The van der Waals surface area contributed by atoms with E-state index in [0.29, 0.717) is 5.92 Å². The summed E-state index contributed by atoms with van der Waals surface area (Å²) in [4.78, 5) is 0. The van der Waals surface area contributed by atoms with Gasteiger partial charge in [0.05, 0.1) is 19.3 Å². The van der Waals surface area contributed by atoms with Gasteiger partial charge in [-0.2, -0.15) is 0 Å². The van der Waals surface area contributed by atoms with Gasteiger partial charge in [0.15, 0.2) is 0 Å². The number of piperidine rings is 1. The maximum Gasteiger partial charge on any atom is 0.0885 e. The van der Waals surface area contributed by atoms with Gasteiger partial charge in [0, 0.05) is 5.92 Å². The van der Waals surface area contributed by atoms with Gasteiger partial charge in [0.25, 0.3) is 0 Å². The van der Waals surface area contributed by atoms with Crippen LogP contribution in [0.4, 0.5) is 0 Å². The minimum absolute atomic E-state index is 0.179. The fourth-order valence-electron chi connectivity index (χ4n) is 1.58. The van der Waals surface area contributed by atoms with E-state index in [1.807, 2.05) is 0 Å². The van der Waals surface area contributed by atoms with Crippen molar-refractivity contribution >= 4 is 0 Å². The van der Waals surface area contributed by atoms with Crippen LogP contribution in [0.25, 0.3) is 0 Å². The second-order valence-corrected chi connectivity index (χ2v) is 3.29. The Hall–Kier alpha value is -0.340. The Balaban J connectivity index is 2.53. The first-order valence-corrected chi connectivity index (χ1v) is 3.88. The third kappa shape index (κ3) is 1.58. The molecule has 2 unspecified atom stereocenters. The lowest BCUT2D eigenvalue weighted by atomic mass is 10.0. The number of hydrogen-bond donors (Lipinski definition) is 0. The van der Waals surface area contributed by atoms with Crippen molar-refractivity contribution in [3.63, 3.8) is 0 Å². The van der Waals surface area contributed by atoms with Crippen LogP contribution in [0.3, 0.4) is 0 Å². The summed E-state index contributed by atoms with van der Waals surface area (Å²) in [7, 11) is 0. The molecule has 0 radical (unpaired) electrons. The van der Waals surface area contributed by atoms with Crippen molar-refractivity contribution in [2.45, 2.75) is 19.8 Å². The molecule has 2 atom stereocenters. The maximum atomic E-state index is 11.5. The molecule has 0 saturated carbocycles. The molecular formula is C8H15NO. The smallest absolute Gasteiger partial charge is 0.0885 e. The Morgan fingerprint density at radius 3 is 2.80 bits per heavy atom. The zero-order valence-electron chi connectivity index (χ0n) is 6.55. The lowest BCUT2D eigenvalue weighted by Crippen LogP contribution is -2.44. The van der Waals surface area contributed by atoms with Crippen LogP contribution in [0.5, 0.6) is 0 Å². The van der Waals surface area contributed by atoms with Crippen LogP contribution >= 0.6 is 0 Å². The molecule has 0 spiro atoms. The molecule has 2 heteroatoms. The molecule has 1 rings (SSSR count). The van der Waals surface area contributed by atoms with Crippen LogP contribution in [-0.4, -0.2) is 17.7 Å². The Bertz CT molecular complexity index is 135. The van der Waals surface area contributed by atoms with Gasteiger partial charge < -0.3 is 9.85 Å². The molecule has 0 aromatic heterocycles. The summed E-state index contributed by atoms with van der Waals surface area (Å²) in [6.45, 7) is 7.14. The van der Waals surface area contributed by atoms with Crippen molar-refractivity contribution in [3.8, 4) is 0 Å². The molecule has 1 fully saturated rings. The second-order valence-electron chi connectivity index (χ2n) is 3.29. The first kappa shape index (κ1) is 7.76. The third-order valence-corrected chi connectivity index (χ3v) is 2.19. The van der Waals surface area contributed by atoms with E-state index in [4.69, 9.17) is 0 Å². The monoisotopic (exact) mass is 141 g/mol. The van der Waals surface area contributed by atoms with Crippen LogP contribution in [-0.2, 0) is 0 Å². The number of nitrogens with zero attached hydrogens (tertiary/aromatic N) is 1. The van der Waals surface area contributed by atoms with Crippen LogP contribution in [0.2, 0.25) is 0 Å². The van der Waals surface area contributed by atoms with Crippen molar-refractivity contribution in [2.24, 2.45) is 5.92 Å². The molecule has 0 N–H and O–H groups in total. The first-order chi connectivity index (χ1) is 4.66. The highest BCUT2D eigenvalue weighted by molar-refractivity contribution is 4.66. The van der Waals surface area contributed by atoms with Crippen molar-refractivity contribution in [1.29, 1.82) is 0 Å². The Morgan fingerprint density at radius 1 is 1.70 bits per heavy atom. The predicted molar refractivity (Wildman–Crippen MR) is 42.0 cm³/mol. The van der Waals surface area contributed by atoms with E-state index in [1.165, 1.54) is 12.6 Å². The third-order valence-electron chi connectivity index (χ3n) is 2.19. The minimum Gasteiger partial charge on any atom is -0.628 e. The van der Waals surface area contributed by atoms with Crippen molar-refractivity contribution in [2.75, 3.05) is 13.1 Å².